The van der Waals surface area contributed by atoms with E-state index in [0.717, 1.165) is 24.6 Å². The quantitative estimate of drug-likeness (QED) is 0.401. The Bertz CT molecular complexity index is 513. The first-order chi connectivity index (χ1) is 10.1. The minimum Gasteiger partial charge on any atom is -0.352 e. The highest BCUT2D eigenvalue weighted by Gasteiger charge is 2.18. The van der Waals surface area contributed by atoms with Gasteiger partial charge in [0.2, 0.25) is 0 Å². The summed E-state index contributed by atoms with van der Waals surface area (Å²) in [4.78, 5) is 16.8. The molecule has 1 aliphatic heterocycles. The van der Waals surface area contributed by atoms with Gasteiger partial charge in [-0.3, -0.25) is 15.1 Å². The molecule has 1 unspecified atom stereocenters. The lowest BCUT2D eigenvalue weighted by Gasteiger charge is -2.33. The van der Waals surface area contributed by atoms with Gasteiger partial charge in [0.05, 0.1) is 4.92 Å². The molecule has 0 aromatic heterocycles. The molecule has 114 valence electrons. The maximum absolute atomic E-state index is 10.6. The lowest BCUT2D eigenvalue weighted by Crippen LogP contribution is -2.45. The molecule has 0 spiro atoms. The Balaban J connectivity index is 1.92. The van der Waals surface area contributed by atoms with Crippen LogP contribution in [0.4, 0.5) is 5.69 Å². The van der Waals surface area contributed by atoms with Crippen LogP contribution in [0.5, 0.6) is 0 Å². The van der Waals surface area contributed by atoms with Crippen LogP contribution >= 0.6 is 0 Å². The zero-order valence-electron chi connectivity index (χ0n) is 12.6. The van der Waals surface area contributed by atoms with Crippen molar-refractivity contribution in [1.29, 1.82) is 0 Å². The van der Waals surface area contributed by atoms with E-state index in [2.05, 4.69) is 22.1 Å². The Kier molecular flexibility index (Phi) is 5.14. The van der Waals surface area contributed by atoms with Gasteiger partial charge in [-0.2, -0.15) is 0 Å². The number of likely N-dealkylation sites (tertiary alicyclic amines) is 1. The Hall–Kier alpha value is -2.11. The van der Waals surface area contributed by atoms with E-state index in [1.807, 2.05) is 0 Å². The lowest BCUT2D eigenvalue weighted by atomic mass is 10.0. The van der Waals surface area contributed by atoms with Crippen molar-refractivity contribution in [3.8, 4) is 0 Å². The van der Waals surface area contributed by atoms with Crippen LogP contribution in [0.3, 0.4) is 0 Å². The summed E-state index contributed by atoms with van der Waals surface area (Å²) in [5.74, 6) is 1.59. The first kappa shape index (κ1) is 15.3. The molecule has 0 radical (unpaired) electrons. The molecular weight excluding hydrogens is 268 g/mol. The Morgan fingerprint density at radius 3 is 2.76 bits per heavy atom. The summed E-state index contributed by atoms with van der Waals surface area (Å²) in [5.41, 5.74) is 1.12. The number of nitrogens with one attached hydrogen (secondary N) is 1. The van der Waals surface area contributed by atoms with Crippen molar-refractivity contribution in [2.24, 2.45) is 10.9 Å². The molecule has 0 bridgehead atoms. The van der Waals surface area contributed by atoms with Crippen LogP contribution in [-0.4, -0.2) is 35.9 Å². The molecule has 6 nitrogen and oxygen atoms in total. The summed E-state index contributed by atoms with van der Waals surface area (Å²) >= 11 is 0. The van der Waals surface area contributed by atoms with Gasteiger partial charge in [0.25, 0.3) is 5.69 Å². The van der Waals surface area contributed by atoms with Crippen molar-refractivity contribution >= 4 is 11.6 Å². The van der Waals surface area contributed by atoms with Crippen molar-refractivity contribution < 1.29 is 4.92 Å². The topological polar surface area (TPSA) is 70.8 Å². The second-order valence-electron chi connectivity index (χ2n) is 5.52. The first-order valence-electron chi connectivity index (χ1n) is 7.29. The van der Waals surface area contributed by atoms with Crippen molar-refractivity contribution in [2.45, 2.75) is 26.3 Å². The van der Waals surface area contributed by atoms with Crippen LogP contribution in [0.2, 0.25) is 0 Å². The Labute approximate surface area is 125 Å². The molecule has 1 atom stereocenters. The standard InChI is InChI=1S/C15H22N4O2/c1-12-4-3-9-18(11-12)15(16-2)17-10-13-5-7-14(8-6-13)19(20)21/h5-8,12H,3-4,9-11H2,1-2H3,(H,16,17). The number of nitrogens with zero attached hydrogens (tertiary/aromatic N) is 3. The van der Waals surface area contributed by atoms with E-state index >= 15 is 0 Å². The summed E-state index contributed by atoms with van der Waals surface area (Å²) in [6.45, 7) is 4.94. The van der Waals surface area contributed by atoms with E-state index in [9.17, 15) is 10.1 Å². The minimum atomic E-state index is -0.384. The summed E-state index contributed by atoms with van der Waals surface area (Å²) in [6.07, 6.45) is 2.47. The van der Waals surface area contributed by atoms with Crippen LogP contribution in [0.15, 0.2) is 29.3 Å². The number of nitro groups is 1. The fraction of sp³-hybridized carbons (Fsp3) is 0.533. The van der Waals surface area contributed by atoms with Crippen LogP contribution < -0.4 is 5.32 Å². The number of benzene rings is 1. The largest absolute Gasteiger partial charge is 0.352 e. The first-order valence-corrected chi connectivity index (χ1v) is 7.29. The number of rotatable bonds is 3. The monoisotopic (exact) mass is 290 g/mol. The van der Waals surface area contributed by atoms with Gasteiger partial charge in [0.1, 0.15) is 0 Å². The van der Waals surface area contributed by atoms with Gasteiger partial charge in [-0.05, 0) is 24.3 Å². The molecule has 1 aromatic rings. The third kappa shape index (κ3) is 4.18. The average molecular weight is 290 g/mol. The number of aliphatic imine (C=N–C) groups is 1. The van der Waals surface area contributed by atoms with Crippen molar-refractivity contribution in [3.63, 3.8) is 0 Å². The van der Waals surface area contributed by atoms with Gasteiger partial charge in [-0.1, -0.05) is 19.1 Å². The molecule has 1 N–H and O–H groups in total. The van der Waals surface area contributed by atoms with Crippen molar-refractivity contribution in [1.82, 2.24) is 10.2 Å². The zero-order valence-corrected chi connectivity index (χ0v) is 12.6. The maximum atomic E-state index is 10.6. The predicted molar refractivity (Wildman–Crippen MR) is 83.3 cm³/mol. The van der Waals surface area contributed by atoms with Gasteiger partial charge in [-0.15, -0.1) is 0 Å². The molecule has 1 aromatic carbocycles. The molecule has 0 saturated carbocycles. The average Bonchev–Trinajstić information content (AvgIpc) is 2.48. The van der Waals surface area contributed by atoms with E-state index in [0.29, 0.717) is 12.5 Å². The molecular formula is C15H22N4O2. The predicted octanol–water partition coefficient (Wildman–Crippen LogP) is 2.40. The van der Waals surface area contributed by atoms with Gasteiger partial charge >= 0.3 is 0 Å². The maximum Gasteiger partial charge on any atom is 0.269 e. The van der Waals surface area contributed by atoms with Crippen LogP contribution in [0.25, 0.3) is 0 Å². The van der Waals surface area contributed by atoms with Crippen LogP contribution in [-0.2, 0) is 6.54 Å². The third-order valence-corrected chi connectivity index (χ3v) is 3.77. The number of hydrogen-bond acceptors (Lipinski definition) is 3. The van der Waals surface area contributed by atoms with Crippen LogP contribution in [0.1, 0.15) is 25.3 Å². The van der Waals surface area contributed by atoms with Crippen LogP contribution in [0, 0.1) is 16.0 Å². The normalized spacial score (nSPS) is 19.4. The molecule has 1 fully saturated rings. The number of guanidine groups is 1. The fourth-order valence-corrected chi connectivity index (χ4v) is 2.63. The number of hydrogen-bond donors (Lipinski definition) is 1. The second-order valence-corrected chi connectivity index (χ2v) is 5.52. The van der Waals surface area contributed by atoms with E-state index in [1.165, 1.54) is 25.0 Å². The molecule has 2 rings (SSSR count). The smallest absolute Gasteiger partial charge is 0.269 e. The van der Waals surface area contributed by atoms with E-state index in [1.54, 1.807) is 19.2 Å². The molecule has 1 aliphatic rings. The SMILES string of the molecule is CN=C(NCc1ccc([N+](=O)[O-])cc1)N1CCCC(C)C1. The number of piperidine rings is 1. The van der Waals surface area contributed by atoms with Gasteiger partial charge in [-0.25, -0.2) is 0 Å². The Morgan fingerprint density at radius 2 is 2.19 bits per heavy atom. The minimum absolute atomic E-state index is 0.119. The second kappa shape index (κ2) is 7.06. The summed E-state index contributed by atoms with van der Waals surface area (Å²) in [5, 5.41) is 14.0. The molecule has 0 aliphatic carbocycles. The summed E-state index contributed by atoms with van der Waals surface area (Å²) < 4.78 is 0. The van der Waals surface area contributed by atoms with Crippen molar-refractivity contribution in [3.05, 3.63) is 39.9 Å². The molecule has 21 heavy (non-hydrogen) atoms. The highest BCUT2D eigenvalue weighted by molar-refractivity contribution is 5.80. The van der Waals surface area contributed by atoms with Gasteiger partial charge < -0.3 is 10.2 Å². The number of nitro benzene ring substituents is 1. The fourth-order valence-electron chi connectivity index (χ4n) is 2.63. The van der Waals surface area contributed by atoms with E-state index in [-0.39, 0.29) is 10.6 Å². The highest BCUT2D eigenvalue weighted by Crippen LogP contribution is 2.16. The van der Waals surface area contributed by atoms with E-state index in [4.69, 9.17) is 0 Å². The number of non-ortho nitro benzene ring substituents is 1. The molecule has 0 amide bonds. The van der Waals surface area contributed by atoms with Crippen molar-refractivity contribution in [2.75, 3.05) is 20.1 Å². The highest BCUT2D eigenvalue weighted by atomic mass is 16.6. The molecule has 6 heteroatoms. The lowest BCUT2D eigenvalue weighted by molar-refractivity contribution is -0.384. The van der Waals surface area contributed by atoms with Gasteiger partial charge in [0, 0.05) is 38.8 Å². The molecule has 1 saturated heterocycles. The van der Waals surface area contributed by atoms with Gasteiger partial charge in [0.15, 0.2) is 5.96 Å². The summed E-state index contributed by atoms with van der Waals surface area (Å²) in [6, 6.07) is 6.61. The Morgan fingerprint density at radius 1 is 1.48 bits per heavy atom. The third-order valence-electron chi connectivity index (χ3n) is 3.77. The zero-order chi connectivity index (χ0) is 15.2. The summed E-state index contributed by atoms with van der Waals surface area (Å²) in [7, 11) is 1.79. The van der Waals surface area contributed by atoms with E-state index < -0.39 is 0 Å². The molecule has 1 heterocycles.